The molecule has 1 amide bonds. The topological polar surface area (TPSA) is 55.1 Å². The Morgan fingerprint density at radius 3 is 2.60 bits per heavy atom. The number of nitrogens with two attached hydrogens (primary N) is 1. The summed E-state index contributed by atoms with van der Waals surface area (Å²) in [5.74, 6) is -0.174. The van der Waals surface area contributed by atoms with E-state index in [2.05, 4.69) is 21.2 Å². The zero-order valence-electron chi connectivity index (χ0n) is 10.7. The van der Waals surface area contributed by atoms with Crippen molar-refractivity contribution >= 4 is 39.1 Å². The molecule has 0 spiro atoms. The van der Waals surface area contributed by atoms with Gasteiger partial charge >= 0.3 is 0 Å². The molecule has 2 rings (SSSR count). The Bertz CT molecular complexity index is 614. The molecule has 0 heterocycles. The van der Waals surface area contributed by atoms with Crippen LogP contribution in [0.4, 0.5) is 5.69 Å². The van der Waals surface area contributed by atoms with E-state index in [-0.39, 0.29) is 5.91 Å². The number of hydrogen-bond acceptors (Lipinski definition) is 2. The highest BCUT2D eigenvalue weighted by atomic mass is 79.9. The van der Waals surface area contributed by atoms with Gasteiger partial charge in [0, 0.05) is 16.7 Å². The summed E-state index contributed by atoms with van der Waals surface area (Å²) in [6.45, 7) is 0.547. The lowest BCUT2D eigenvalue weighted by Crippen LogP contribution is -2.26. The molecule has 104 valence electrons. The van der Waals surface area contributed by atoms with Crippen LogP contribution in [0, 0.1) is 0 Å². The highest BCUT2D eigenvalue weighted by Gasteiger charge is 2.11. The van der Waals surface area contributed by atoms with Gasteiger partial charge < -0.3 is 11.1 Å². The van der Waals surface area contributed by atoms with E-state index in [4.69, 9.17) is 17.3 Å². The van der Waals surface area contributed by atoms with Crippen LogP contribution in [-0.4, -0.2) is 12.5 Å². The van der Waals surface area contributed by atoms with Crippen molar-refractivity contribution in [3.05, 3.63) is 63.1 Å². The quantitative estimate of drug-likeness (QED) is 0.824. The van der Waals surface area contributed by atoms with E-state index in [1.807, 2.05) is 24.3 Å². The first kappa shape index (κ1) is 14.9. The second kappa shape index (κ2) is 6.77. The second-order valence-corrected chi connectivity index (χ2v) is 5.58. The second-order valence-electron chi connectivity index (χ2n) is 4.35. The zero-order valence-corrected chi connectivity index (χ0v) is 13.0. The van der Waals surface area contributed by atoms with Crippen LogP contribution in [-0.2, 0) is 6.42 Å². The molecule has 0 aliphatic heterocycles. The standard InChI is InChI=1S/C15H14BrClN2O/c16-13-3-1-2-12(14(13)17)15(20)19-9-8-10-4-6-11(18)7-5-10/h1-7H,8-9,18H2,(H,19,20). The summed E-state index contributed by atoms with van der Waals surface area (Å²) in [6, 6.07) is 12.9. The number of benzene rings is 2. The fourth-order valence-electron chi connectivity index (χ4n) is 1.78. The normalized spacial score (nSPS) is 10.3. The summed E-state index contributed by atoms with van der Waals surface area (Å²) in [5, 5.41) is 3.28. The number of carbonyl (C=O) groups excluding carboxylic acids is 1. The van der Waals surface area contributed by atoms with E-state index < -0.39 is 0 Å². The molecule has 5 heteroatoms. The van der Waals surface area contributed by atoms with Gasteiger partial charge in [0.05, 0.1) is 10.6 Å². The molecule has 0 saturated heterocycles. The number of carbonyl (C=O) groups is 1. The summed E-state index contributed by atoms with van der Waals surface area (Å²) < 4.78 is 0.713. The van der Waals surface area contributed by atoms with Crippen LogP contribution in [0.5, 0.6) is 0 Å². The minimum atomic E-state index is -0.174. The predicted molar refractivity (Wildman–Crippen MR) is 86.0 cm³/mol. The van der Waals surface area contributed by atoms with Crippen molar-refractivity contribution < 1.29 is 4.79 Å². The lowest BCUT2D eigenvalue weighted by molar-refractivity contribution is 0.0954. The van der Waals surface area contributed by atoms with Crippen molar-refractivity contribution in [3.8, 4) is 0 Å². The third kappa shape index (κ3) is 3.74. The van der Waals surface area contributed by atoms with E-state index in [0.717, 1.165) is 17.7 Å². The number of anilines is 1. The maximum Gasteiger partial charge on any atom is 0.252 e. The highest BCUT2D eigenvalue weighted by Crippen LogP contribution is 2.25. The van der Waals surface area contributed by atoms with Gasteiger partial charge in [0.25, 0.3) is 5.91 Å². The molecule has 0 fully saturated rings. The van der Waals surface area contributed by atoms with Crippen LogP contribution in [0.25, 0.3) is 0 Å². The Balaban J connectivity index is 1.92. The number of nitrogen functional groups attached to an aromatic ring is 1. The van der Waals surface area contributed by atoms with Crippen molar-refractivity contribution in [2.75, 3.05) is 12.3 Å². The van der Waals surface area contributed by atoms with Gasteiger partial charge in [-0.25, -0.2) is 0 Å². The SMILES string of the molecule is Nc1ccc(CCNC(=O)c2cccc(Br)c2Cl)cc1. The van der Waals surface area contributed by atoms with Crippen molar-refractivity contribution in [1.82, 2.24) is 5.32 Å². The van der Waals surface area contributed by atoms with E-state index in [0.29, 0.717) is 21.6 Å². The van der Waals surface area contributed by atoms with Gasteiger partial charge in [-0.05, 0) is 52.2 Å². The van der Waals surface area contributed by atoms with Crippen LogP contribution in [0.1, 0.15) is 15.9 Å². The van der Waals surface area contributed by atoms with Crippen LogP contribution < -0.4 is 11.1 Å². The molecule has 2 aromatic rings. The van der Waals surface area contributed by atoms with E-state index in [1.165, 1.54) is 0 Å². The molecule has 2 aromatic carbocycles. The zero-order chi connectivity index (χ0) is 14.5. The molecule has 0 aliphatic carbocycles. The minimum Gasteiger partial charge on any atom is -0.399 e. The molecule has 0 saturated carbocycles. The molecule has 3 nitrogen and oxygen atoms in total. The first-order chi connectivity index (χ1) is 9.58. The van der Waals surface area contributed by atoms with Gasteiger partial charge in [-0.2, -0.15) is 0 Å². The fourth-order valence-corrected chi connectivity index (χ4v) is 2.36. The van der Waals surface area contributed by atoms with Crippen LogP contribution in [0.15, 0.2) is 46.9 Å². The number of rotatable bonds is 4. The van der Waals surface area contributed by atoms with Crippen LogP contribution >= 0.6 is 27.5 Å². The van der Waals surface area contributed by atoms with Crippen molar-refractivity contribution in [2.45, 2.75) is 6.42 Å². The molecular formula is C15H14BrClN2O. The van der Waals surface area contributed by atoms with Crippen molar-refractivity contribution in [3.63, 3.8) is 0 Å². The molecule has 0 aromatic heterocycles. The number of amides is 1. The maximum absolute atomic E-state index is 12.0. The third-order valence-electron chi connectivity index (χ3n) is 2.88. The van der Waals surface area contributed by atoms with Gasteiger partial charge in [0.1, 0.15) is 0 Å². The first-order valence-electron chi connectivity index (χ1n) is 6.14. The Morgan fingerprint density at radius 1 is 1.20 bits per heavy atom. The summed E-state index contributed by atoms with van der Waals surface area (Å²) in [4.78, 5) is 12.0. The number of hydrogen-bond donors (Lipinski definition) is 2. The van der Waals surface area contributed by atoms with Crippen LogP contribution in [0.3, 0.4) is 0 Å². The lowest BCUT2D eigenvalue weighted by atomic mass is 10.1. The fraction of sp³-hybridized carbons (Fsp3) is 0.133. The molecule has 0 bridgehead atoms. The van der Waals surface area contributed by atoms with E-state index >= 15 is 0 Å². The molecule has 0 aliphatic rings. The van der Waals surface area contributed by atoms with E-state index in [9.17, 15) is 4.79 Å². The first-order valence-corrected chi connectivity index (χ1v) is 7.31. The number of halogens is 2. The Labute approximate surface area is 131 Å². The minimum absolute atomic E-state index is 0.174. The summed E-state index contributed by atoms with van der Waals surface area (Å²) in [7, 11) is 0. The Hall–Kier alpha value is -1.52. The van der Waals surface area contributed by atoms with Crippen molar-refractivity contribution in [2.24, 2.45) is 0 Å². The van der Waals surface area contributed by atoms with Gasteiger partial charge in [0.15, 0.2) is 0 Å². The van der Waals surface area contributed by atoms with Gasteiger partial charge in [-0.15, -0.1) is 0 Å². The molecule has 0 atom stereocenters. The monoisotopic (exact) mass is 352 g/mol. The third-order valence-corrected chi connectivity index (χ3v) is 4.17. The molecule has 0 unspecified atom stereocenters. The van der Waals surface area contributed by atoms with Crippen molar-refractivity contribution in [1.29, 1.82) is 0 Å². The average Bonchev–Trinajstić information content (AvgIpc) is 2.44. The predicted octanol–water partition coefficient (Wildman–Crippen LogP) is 3.66. The molecule has 0 radical (unpaired) electrons. The van der Waals surface area contributed by atoms with Gasteiger partial charge in [-0.3, -0.25) is 4.79 Å². The largest absolute Gasteiger partial charge is 0.399 e. The van der Waals surface area contributed by atoms with E-state index in [1.54, 1.807) is 18.2 Å². The van der Waals surface area contributed by atoms with Gasteiger partial charge in [0.2, 0.25) is 0 Å². The Kier molecular flexibility index (Phi) is 5.04. The molecule has 3 N–H and O–H groups in total. The van der Waals surface area contributed by atoms with Gasteiger partial charge in [-0.1, -0.05) is 29.8 Å². The smallest absolute Gasteiger partial charge is 0.252 e. The molecular weight excluding hydrogens is 340 g/mol. The Morgan fingerprint density at radius 2 is 1.90 bits per heavy atom. The maximum atomic E-state index is 12.0. The lowest BCUT2D eigenvalue weighted by Gasteiger charge is -2.08. The van der Waals surface area contributed by atoms with Crippen LogP contribution in [0.2, 0.25) is 5.02 Å². The number of nitrogens with one attached hydrogen (secondary N) is 1. The summed E-state index contributed by atoms with van der Waals surface area (Å²) >= 11 is 9.38. The average molecular weight is 354 g/mol. The molecule has 20 heavy (non-hydrogen) atoms. The summed E-state index contributed by atoms with van der Waals surface area (Å²) in [5.41, 5.74) is 7.95. The summed E-state index contributed by atoms with van der Waals surface area (Å²) in [6.07, 6.45) is 0.748. The highest BCUT2D eigenvalue weighted by molar-refractivity contribution is 9.10.